The second kappa shape index (κ2) is 9.70. The first-order valence-electron chi connectivity index (χ1n) is 13.1. The lowest BCUT2D eigenvalue weighted by Crippen LogP contribution is -2.24. The summed E-state index contributed by atoms with van der Waals surface area (Å²) in [6, 6.07) is 10.4. The molecule has 8 nitrogen and oxygen atoms in total. The minimum Gasteiger partial charge on any atom is -0.497 e. The molecule has 7 rings (SSSR count). The number of hydrogen-bond acceptors (Lipinski definition) is 6. The van der Waals surface area contributed by atoms with E-state index in [1.807, 2.05) is 18.2 Å². The number of aromatic nitrogens is 6. The van der Waals surface area contributed by atoms with Gasteiger partial charge in [0.25, 0.3) is 5.92 Å². The van der Waals surface area contributed by atoms with Gasteiger partial charge in [-0.2, -0.15) is 5.10 Å². The van der Waals surface area contributed by atoms with Crippen LogP contribution < -0.4 is 4.74 Å². The van der Waals surface area contributed by atoms with Crippen LogP contribution in [0.15, 0.2) is 67.4 Å². The second-order valence-electron chi connectivity index (χ2n) is 10.3. The zero-order chi connectivity index (χ0) is 28.1. The number of methoxy groups -OCH3 is 1. The summed E-state index contributed by atoms with van der Waals surface area (Å²) >= 11 is 0. The van der Waals surface area contributed by atoms with Gasteiger partial charge >= 0.3 is 0 Å². The van der Waals surface area contributed by atoms with Crippen LogP contribution in [0.5, 0.6) is 5.75 Å². The van der Waals surface area contributed by atoms with Crippen molar-refractivity contribution in [3.8, 4) is 39.4 Å². The number of aromatic amines is 2. The summed E-state index contributed by atoms with van der Waals surface area (Å²) in [6.07, 6.45) is 8.47. The molecule has 41 heavy (non-hydrogen) atoms. The zero-order valence-electron chi connectivity index (χ0n) is 22.0. The molecule has 1 aliphatic heterocycles. The molecular formula is C30H24F3N7O. The molecule has 206 valence electrons. The third kappa shape index (κ3) is 4.78. The predicted octanol–water partition coefficient (Wildman–Crippen LogP) is 6.22. The number of fused-ring (bicyclic) bond motifs is 2. The van der Waals surface area contributed by atoms with Gasteiger partial charge in [0.15, 0.2) is 5.65 Å². The molecule has 1 saturated heterocycles. The Hall–Kier alpha value is -4.77. The van der Waals surface area contributed by atoms with E-state index in [9.17, 15) is 13.2 Å². The van der Waals surface area contributed by atoms with Gasteiger partial charge in [0.1, 0.15) is 17.3 Å². The SMILES string of the molecule is COc1cc(F)cc(-c2cncc3[nH]c(-c4n[nH]c5ncc(-c6cncc(CN7CCC(F)(F)C7)c6)cc45)cc23)c1. The van der Waals surface area contributed by atoms with Crippen molar-refractivity contribution in [2.24, 2.45) is 0 Å². The Morgan fingerprint density at radius 3 is 2.61 bits per heavy atom. The highest BCUT2D eigenvalue weighted by atomic mass is 19.3. The highest BCUT2D eigenvalue weighted by Gasteiger charge is 2.37. The number of benzene rings is 1. The predicted molar refractivity (Wildman–Crippen MR) is 149 cm³/mol. The van der Waals surface area contributed by atoms with Gasteiger partial charge in [-0.05, 0) is 41.5 Å². The minimum absolute atomic E-state index is 0.119. The molecule has 1 fully saturated rings. The van der Waals surface area contributed by atoms with Crippen molar-refractivity contribution in [3.63, 3.8) is 0 Å². The lowest BCUT2D eigenvalue weighted by atomic mass is 10.0. The maximum absolute atomic E-state index is 14.3. The highest BCUT2D eigenvalue weighted by molar-refractivity contribution is 6.00. The standard InChI is InChI=1S/C30H24F3N7O/c1-41-22-6-18(5-21(31)8-22)25-13-35-14-27-23(25)9-26(37-27)28-24-7-20(12-36-29(24)39-38-28)19-4-17(10-34-11-19)15-40-3-2-30(32,33)16-40/h4-14,37H,2-3,15-16H2,1H3,(H,36,38,39). The number of ether oxygens (including phenoxy) is 1. The molecule has 0 saturated carbocycles. The summed E-state index contributed by atoms with van der Waals surface area (Å²) in [5, 5.41) is 9.16. The van der Waals surface area contributed by atoms with Crippen LogP contribution in [0.2, 0.25) is 0 Å². The maximum Gasteiger partial charge on any atom is 0.261 e. The fourth-order valence-corrected chi connectivity index (χ4v) is 5.44. The van der Waals surface area contributed by atoms with Gasteiger partial charge in [0.2, 0.25) is 0 Å². The van der Waals surface area contributed by atoms with Gasteiger partial charge in [-0.1, -0.05) is 0 Å². The van der Waals surface area contributed by atoms with E-state index in [0.29, 0.717) is 35.7 Å². The molecule has 0 bridgehead atoms. The number of hydrogen-bond donors (Lipinski definition) is 2. The van der Waals surface area contributed by atoms with E-state index in [0.717, 1.165) is 44.2 Å². The molecule has 6 aromatic rings. The van der Waals surface area contributed by atoms with Gasteiger partial charge in [-0.3, -0.25) is 20.0 Å². The van der Waals surface area contributed by atoms with Crippen molar-refractivity contribution >= 4 is 21.9 Å². The molecule has 0 aliphatic carbocycles. The number of nitrogens with one attached hydrogen (secondary N) is 2. The molecule has 0 unspecified atom stereocenters. The van der Waals surface area contributed by atoms with Crippen molar-refractivity contribution < 1.29 is 17.9 Å². The Kier molecular flexibility index (Phi) is 5.97. The van der Waals surface area contributed by atoms with E-state index >= 15 is 0 Å². The van der Waals surface area contributed by atoms with Crippen LogP contribution in [-0.4, -0.2) is 61.2 Å². The van der Waals surface area contributed by atoms with E-state index in [-0.39, 0.29) is 13.0 Å². The number of H-pyrrole nitrogens is 2. The molecule has 0 atom stereocenters. The summed E-state index contributed by atoms with van der Waals surface area (Å²) in [4.78, 5) is 18.4. The molecule has 6 heterocycles. The highest BCUT2D eigenvalue weighted by Crippen LogP contribution is 2.36. The van der Waals surface area contributed by atoms with Gasteiger partial charge in [0, 0.05) is 77.8 Å². The molecule has 11 heteroatoms. The molecule has 1 aromatic carbocycles. The first kappa shape index (κ1) is 25.2. The number of likely N-dealkylation sites (tertiary alicyclic amines) is 1. The summed E-state index contributed by atoms with van der Waals surface area (Å²) in [6.45, 7) is 0.529. The van der Waals surface area contributed by atoms with Crippen LogP contribution in [0.4, 0.5) is 13.2 Å². The molecule has 0 amide bonds. The fourth-order valence-electron chi connectivity index (χ4n) is 5.44. The Morgan fingerprint density at radius 1 is 0.927 bits per heavy atom. The molecule has 1 aliphatic rings. The summed E-state index contributed by atoms with van der Waals surface area (Å²) in [7, 11) is 1.50. The second-order valence-corrected chi connectivity index (χ2v) is 10.3. The lowest BCUT2D eigenvalue weighted by Gasteiger charge is -2.15. The van der Waals surface area contributed by atoms with E-state index in [4.69, 9.17) is 4.74 Å². The molecule has 2 N–H and O–H groups in total. The average Bonchev–Trinajstić information content (AvgIpc) is 3.68. The van der Waals surface area contributed by atoms with Gasteiger partial charge in [0.05, 0.1) is 31.1 Å². The summed E-state index contributed by atoms with van der Waals surface area (Å²) in [5.74, 6) is -2.62. The van der Waals surface area contributed by atoms with Crippen molar-refractivity contribution in [2.45, 2.75) is 18.9 Å². The topological polar surface area (TPSA) is 95.6 Å². The van der Waals surface area contributed by atoms with Crippen molar-refractivity contribution in [1.82, 2.24) is 35.0 Å². The average molecular weight is 556 g/mol. The normalized spacial score (nSPS) is 15.2. The number of pyridine rings is 3. The molecule has 0 spiro atoms. The van der Waals surface area contributed by atoms with E-state index in [2.05, 4.69) is 30.1 Å². The van der Waals surface area contributed by atoms with Gasteiger partial charge < -0.3 is 9.72 Å². The van der Waals surface area contributed by atoms with Crippen LogP contribution in [-0.2, 0) is 6.54 Å². The monoisotopic (exact) mass is 555 g/mol. The smallest absolute Gasteiger partial charge is 0.261 e. The van der Waals surface area contributed by atoms with Crippen LogP contribution in [0.3, 0.4) is 0 Å². The quantitative estimate of drug-likeness (QED) is 0.253. The van der Waals surface area contributed by atoms with E-state index < -0.39 is 11.7 Å². The third-order valence-electron chi connectivity index (χ3n) is 7.42. The van der Waals surface area contributed by atoms with Crippen molar-refractivity contribution in [1.29, 1.82) is 0 Å². The minimum atomic E-state index is -2.64. The van der Waals surface area contributed by atoms with Crippen LogP contribution >= 0.6 is 0 Å². The number of halogens is 3. The summed E-state index contributed by atoms with van der Waals surface area (Å²) < 4.78 is 46.8. The summed E-state index contributed by atoms with van der Waals surface area (Å²) in [5.41, 5.74) is 6.69. The fraction of sp³-hybridized carbons (Fsp3) is 0.200. The number of rotatable bonds is 6. The third-order valence-corrected chi connectivity index (χ3v) is 7.42. The Labute approximate surface area is 232 Å². The van der Waals surface area contributed by atoms with Gasteiger partial charge in [-0.25, -0.2) is 18.2 Å². The lowest BCUT2D eigenvalue weighted by molar-refractivity contribution is 0.0115. The molecule has 0 radical (unpaired) electrons. The van der Waals surface area contributed by atoms with E-state index in [1.54, 1.807) is 42.0 Å². The van der Waals surface area contributed by atoms with Crippen LogP contribution in [0, 0.1) is 5.82 Å². The van der Waals surface area contributed by atoms with Crippen LogP contribution in [0.1, 0.15) is 12.0 Å². The van der Waals surface area contributed by atoms with Crippen LogP contribution in [0.25, 0.3) is 55.6 Å². The maximum atomic E-state index is 14.3. The number of alkyl halides is 2. The van der Waals surface area contributed by atoms with E-state index in [1.165, 1.54) is 19.2 Å². The molecule has 5 aromatic heterocycles. The van der Waals surface area contributed by atoms with Crippen molar-refractivity contribution in [3.05, 3.63) is 78.8 Å². The Balaban J connectivity index is 1.25. The van der Waals surface area contributed by atoms with Crippen molar-refractivity contribution in [2.75, 3.05) is 20.2 Å². The first-order valence-corrected chi connectivity index (χ1v) is 13.1. The number of nitrogens with zero attached hydrogens (tertiary/aromatic N) is 5. The van der Waals surface area contributed by atoms with Gasteiger partial charge in [-0.15, -0.1) is 0 Å². The first-order chi connectivity index (χ1) is 19.8. The zero-order valence-corrected chi connectivity index (χ0v) is 22.0. The molecular weight excluding hydrogens is 531 g/mol. The Morgan fingerprint density at radius 2 is 1.78 bits per heavy atom. The Bertz CT molecular complexity index is 1920. The largest absolute Gasteiger partial charge is 0.497 e.